The molecule has 1 atom stereocenters. The number of aromatic nitrogens is 2. The first-order valence-corrected chi connectivity index (χ1v) is 6.16. The van der Waals surface area contributed by atoms with Gasteiger partial charge in [0, 0.05) is 12.7 Å². The molecule has 1 aliphatic rings. The third kappa shape index (κ3) is 3.70. The number of carboxylic acid groups (broad SMARTS) is 1. The van der Waals surface area contributed by atoms with Crippen molar-refractivity contribution in [1.29, 1.82) is 0 Å². The minimum Gasteiger partial charge on any atom is -0.480 e. The van der Waals surface area contributed by atoms with Gasteiger partial charge in [0.25, 0.3) is 0 Å². The van der Waals surface area contributed by atoms with Crippen molar-refractivity contribution in [1.82, 2.24) is 15.1 Å². The van der Waals surface area contributed by atoms with Crippen molar-refractivity contribution in [3.63, 3.8) is 0 Å². The van der Waals surface area contributed by atoms with Gasteiger partial charge in [-0.3, -0.25) is 9.48 Å². The van der Waals surface area contributed by atoms with Crippen LogP contribution in [0.25, 0.3) is 0 Å². The third-order valence-corrected chi connectivity index (χ3v) is 3.41. The minimum atomic E-state index is -0.977. The van der Waals surface area contributed by atoms with Crippen LogP contribution in [0.1, 0.15) is 20.3 Å². The summed E-state index contributed by atoms with van der Waals surface area (Å²) in [4.78, 5) is 22.1. The summed E-state index contributed by atoms with van der Waals surface area (Å²) in [5, 5.41) is 17.8. The smallest absolute Gasteiger partial charge is 0.325 e. The van der Waals surface area contributed by atoms with Gasteiger partial charge in [-0.05, 0) is 17.8 Å². The number of anilines is 1. The molecule has 0 spiro atoms. The summed E-state index contributed by atoms with van der Waals surface area (Å²) in [6, 6.07) is -0.294. The summed E-state index contributed by atoms with van der Waals surface area (Å²) in [5.41, 5.74) is 0.813. The maximum Gasteiger partial charge on any atom is 0.325 e. The number of aliphatic carboxylic acids is 1. The molecule has 1 unspecified atom stereocenters. The number of urea groups is 1. The van der Waals surface area contributed by atoms with E-state index in [9.17, 15) is 9.59 Å². The second-order valence-corrected chi connectivity index (χ2v) is 5.54. The first kappa shape index (κ1) is 13.4. The number of carboxylic acids is 1. The molecule has 1 saturated carbocycles. The van der Waals surface area contributed by atoms with Gasteiger partial charge in [-0.1, -0.05) is 13.8 Å². The fourth-order valence-corrected chi connectivity index (χ4v) is 1.97. The number of carbonyl (C=O) groups excluding carboxylic acids is 1. The van der Waals surface area contributed by atoms with Crippen LogP contribution in [0.4, 0.5) is 10.5 Å². The van der Waals surface area contributed by atoms with Gasteiger partial charge in [-0.2, -0.15) is 5.10 Å². The molecule has 1 aromatic rings. The van der Waals surface area contributed by atoms with E-state index >= 15 is 0 Å². The highest BCUT2D eigenvalue weighted by atomic mass is 16.4. The molecule has 7 nitrogen and oxygen atoms in total. The van der Waals surface area contributed by atoms with Crippen LogP contribution in [-0.2, 0) is 11.3 Å². The number of rotatable bonds is 5. The zero-order chi connectivity index (χ0) is 14.0. The monoisotopic (exact) mass is 266 g/mol. The van der Waals surface area contributed by atoms with Crippen LogP contribution in [0.5, 0.6) is 0 Å². The Bertz CT molecular complexity index is 495. The molecule has 7 heteroatoms. The van der Waals surface area contributed by atoms with Gasteiger partial charge in [0.2, 0.25) is 0 Å². The van der Waals surface area contributed by atoms with Crippen LogP contribution in [0.3, 0.4) is 0 Å². The van der Waals surface area contributed by atoms with Gasteiger partial charge < -0.3 is 15.7 Å². The van der Waals surface area contributed by atoms with Crippen molar-refractivity contribution in [3.8, 4) is 0 Å². The lowest BCUT2D eigenvalue weighted by molar-refractivity contribution is -0.137. The average molecular weight is 266 g/mol. The molecular weight excluding hydrogens is 248 g/mol. The summed E-state index contributed by atoms with van der Waals surface area (Å²) >= 11 is 0. The van der Waals surface area contributed by atoms with Gasteiger partial charge in [0.05, 0.1) is 11.9 Å². The Morgan fingerprint density at radius 1 is 1.58 bits per heavy atom. The maximum absolute atomic E-state index is 11.6. The molecule has 104 valence electrons. The molecule has 0 aliphatic heterocycles. The van der Waals surface area contributed by atoms with E-state index < -0.39 is 5.97 Å². The van der Waals surface area contributed by atoms with Crippen LogP contribution < -0.4 is 10.6 Å². The van der Waals surface area contributed by atoms with Crippen LogP contribution in [0.2, 0.25) is 0 Å². The number of amides is 2. The SMILES string of the molecule is CC1(C)CC1CNC(=O)Nc1cnn(CC(=O)O)c1. The number of nitrogens with one attached hydrogen (secondary N) is 2. The highest BCUT2D eigenvalue weighted by molar-refractivity contribution is 5.88. The van der Waals surface area contributed by atoms with Gasteiger partial charge >= 0.3 is 12.0 Å². The Hall–Kier alpha value is -2.05. The largest absolute Gasteiger partial charge is 0.480 e. The topological polar surface area (TPSA) is 96.3 Å². The van der Waals surface area contributed by atoms with E-state index in [0.29, 0.717) is 23.6 Å². The summed E-state index contributed by atoms with van der Waals surface area (Å²) in [6.45, 7) is 4.78. The molecule has 2 amide bonds. The fourth-order valence-electron chi connectivity index (χ4n) is 1.97. The van der Waals surface area contributed by atoms with Crippen molar-refractivity contribution in [2.45, 2.75) is 26.8 Å². The lowest BCUT2D eigenvalue weighted by Gasteiger charge is -2.06. The van der Waals surface area contributed by atoms with Crippen molar-refractivity contribution in [3.05, 3.63) is 12.4 Å². The predicted molar refractivity (Wildman–Crippen MR) is 68.8 cm³/mol. The second kappa shape index (κ2) is 4.91. The van der Waals surface area contributed by atoms with Gasteiger partial charge in [0.1, 0.15) is 6.54 Å². The highest BCUT2D eigenvalue weighted by Gasteiger charge is 2.45. The number of hydrogen-bond donors (Lipinski definition) is 3. The molecule has 0 aromatic carbocycles. The number of carbonyl (C=O) groups is 2. The van der Waals surface area contributed by atoms with Gasteiger partial charge in [-0.15, -0.1) is 0 Å². The molecule has 19 heavy (non-hydrogen) atoms. The van der Waals surface area contributed by atoms with E-state index in [0.717, 1.165) is 6.42 Å². The van der Waals surface area contributed by atoms with Crippen molar-refractivity contribution < 1.29 is 14.7 Å². The molecule has 3 N–H and O–H groups in total. The lowest BCUT2D eigenvalue weighted by atomic mass is 10.1. The molecule has 0 radical (unpaired) electrons. The molecule has 2 rings (SSSR count). The highest BCUT2D eigenvalue weighted by Crippen LogP contribution is 2.50. The molecule has 1 aromatic heterocycles. The van der Waals surface area contributed by atoms with Crippen LogP contribution in [-0.4, -0.2) is 33.4 Å². The summed E-state index contributed by atoms with van der Waals surface area (Å²) < 4.78 is 1.25. The maximum atomic E-state index is 11.6. The lowest BCUT2D eigenvalue weighted by Crippen LogP contribution is -2.31. The van der Waals surface area contributed by atoms with Crippen LogP contribution >= 0.6 is 0 Å². The van der Waals surface area contributed by atoms with E-state index in [-0.39, 0.29) is 12.6 Å². The Kier molecular flexibility index (Phi) is 3.46. The molecule has 0 saturated heterocycles. The second-order valence-electron chi connectivity index (χ2n) is 5.54. The Balaban J connectivity index is 1.76. The minimum absolute atomic E-state index is 0.223. The molecule has 1 aliphatic carbocycles. The zero-order valence-electron chi connectivity index (χ0n) is 11.0. The van der Waals surface area contributed by atoms with Crippen molar-refractivity contribution in [2.24, 2.45) is 11.3 Å². The van der Waals surface area contributed by atoms with E-state index in [1.165, 1.54) is 17.1 Å². The average Bonchev–Trinajstić information content (AvgIpc) is 2.67. The van der Waals surface area contributed by atoms with E-state index in [1.54, 1.807) is 0 Å². The quantitative estimate of drug-likeness (QED) is 0.744. The fraction of sp³-hybridized carbons (Fsp3) is 0.583. The Morgan fingerprint density at radius 3 is 2.84 bits per heavy atom. The first-order valence-electron chi connectivity index (χ1n) is 6.16. The van der Waals surface area contributed by atoms with Crippen LogP contribution in [0, 0.1) is 11.3 Å². The summed E-state index contributed by atoms with van der Waals surface area (Å²) in [5.74, 6) is -0.442. The third-order valence-electron chi connectivity index (χ3n) is 3.41. The molecule has 0 bridgehead atoms. The summed E-state index contributed by atoms with van der Waals surface area (Å²) in [6.07, 6.45) is 4.03. The number of nitrogens with zero attached hydrogens (tertiary/aromatic N) is 2. The van der Waals surface area contributed by atoms with Crippen LogP contribution in [0.15, 0.2) is 12.4 Å². The van der Waals surface area contributed by atoms with Crippen molar-refractivity contribution in [2.75, 3.05) is 11.9 Å². The Labute approximate surface area is 111 Å². The van der Waals surface area contributed by atoms with E-state index in [1.807, 2.05) is 0 Å². The number of hydrogen-bond acceptors (Lipinski definition) is 3. The Morgan fingerprint density at radius 2 is 2.26 bits per heavy atom. The normalized spacial score (nSPS) is 19.8. The molecular formula is C12H18N4O3. The summed E-state index contributed by atoms with van der Waals surface area (Å²) in [7, 11) is 0. The van der Waals surface area contributed by atoms with Crippen molar-refractivity contribution >= 4 is 17.7 Å². The van der Waals surface area contributed by atoms with E-state index in [4.69, 9.17) is 5.11 Å². The first-order chi connectivity index (χ1) is 8.87. The molecule has 1 fully saturated rings. The standard InChI is InChI=1S/C12H18N4O3/c1-12(2)3-8(12)4-13-11(19)15-9-5-14-16(6-9)7-10(17)18/h5-6,8H,3-4,7H2,1-2H3,(H,17,18)(H2,13,15,19). The molecule has 1 heterocycles. The van der Waals surface area contributed by atoms with Gasteiger partial charge in [-0.25, -0.2) is 4.79 Å². The predicted octanol–water partition coefficient (Wildman–Crippen LogP) is 1.14. The zero-order valence-corrected chi connectivity index (χ0v) is 11.0. The van der Waals surface area contributed by atoms with E-state index in [2.05, 4.69) is 29.6 Å². The van der Waals surface area contributed by atoms with Gasteiger partial charge in [0.15, 0.2) is 0 Å².